The van der Waals surface area contributed by atoms with E-state index in [1.54, 1.807) is 41.5 Å². The van der Waals surface area contributed by atoms with E-state index in [-0.39, 0.29) is 10.9 Å². The van der Waals surface area contributed by atoms with Gasteiger partial charge < -0.3 is 5.32 Å². The molecule has 116 valence electrons. The molecule has 0 radical (unpaired) electrons. The first-order chi connectivity index (χ1) is 11.0. The molecule has 0 fully saturated rings. The van der Waals surface area contributed by atoms with Crippen molar-refractivity contribution in [2.24, 2.45) is 0 Å². The lowest BCUT2D eigenvalue weighted by Crippen LogP contribution is -2.14. The van der Waals surface area contributed by atoms with E-state index in [4.69, 9.17) is 23.2 Å². The maximum atomic E-state index is 12.4. The van der Waals surface area contributed by atoms with Gasteiger partial charge in [-0.3, -0.25) is 9.78 Å². The lowest BCUT2D eigenvalue weighted by Gasteiger charge is -2.11. The van der Waals surface area contributed by atoms with Crippen LogP contribution >= 0.6 is 23.2 Å². The number of benzene rings is 1. The van der Waals surface area contributed by atoms with Gasteiger partial charge in [0.25, 0.3) is 5.91 Å². The molecule has 2 aromatic heterocycles. The van der Waals surface area contributed by atoms with Crippen LogP contribution in [0, 0.1) is 6.92 Å². The van der Waals surface area contributed by atoms with E-state index in [2.05, 4.69) is 15.4 Å². The van der Waals surface area contributed by atoms with Crippen LogP contribution in [0.2, 0.25) is 10.0 Å². The first-order valence-corrected chi connectivity index (χ1v) is 7.52. The lowest BCUT2D eigenvalue weighted by molar-refractivity contribution is 0.102. The monoisotopic (exact) mass is 346 g/mol. The molecule has 0 unspecified atom stereocenters. The number of nitrogens with zero attached hydrogens (tertiary/aromatic N) is 3. The van der Waals surface area contributed by atoms with Crippen molar-refractivity contribution < 1.29 is 4.79 Å². The first kappa shape index (κ1) is 15.5. The van der Waals surface area contributed by atoms with Crippen molar-refractivity contribution in [2.45, 2.75) is 6.92 Å². The predicted octanol–water partition coefficient (Wildman–Crippen LogP) is 4.13. The maximum Gasteiger partial charge on any atom is 0.257 e. The van der Waals surface area contributed by atoms with Crippen molar-refractivity contribution in [1.82, 2.24) is 14.8 Å². The van der Waals surface area contributed by atoms with Crippen LogP contribution in [0.1, 0.15) is 15.9 Å². The van der Waals surface area contributed by atoms with Gasteiger partial charge in [-0.15, -0.1) is 0 Å². The van der Waals surface area contributed by atoms with E-state index >= 15 is 0 Å². The molecule has 1 N–H and O–H groups in total. The van der Waals surface area contributed by atoms with E-state index in [0.717, 1.165) is 5.56 Å². The van der Waals surface area contributed by atoms with Gasteiger partial charge >= 0.3 is 0 Å². The Morgan fingerprint density at radius 3 is 2.74 bits per heavy atom. The van der Waals surface area contributed by atoms with Crippen molar-refractivity contribution in [3.63, 3.8) is 0 Å². The summed E-state index contributed by atoms with van der Waals surface area (Å²) in [6, 6.07) is 6.49. The highest BCUT2D eigenvalue weighted by atomic mass is 35.5. The summed E-state index contributed by atoms with van der Waals surface area (Å²) in [5.74, 6) is -0.343. The van der Waals surface area contributed by atoms with Crippen LogP contribution < -0.4 is 5.32 Å². The Kier molecular flexibility index (Phi) is 4.32. The largest absolute Gasteiger partial charge is 0.319 e. The SMILES string of the molecule is Cc1cnn(-c2ccncc2NC(=O)c2ccc(Cl)cc2Cl)c1. The molecule has 1 amide bonds. The number of nitrogens with one attached hydrogen (secondary N) is 1. The number of hydrogen-bond donors (Lipinski definition) is 1. The van der Waals surface area contributed by atoms with Gasteiger partial charge in [0.05, 0.1) is 34.4 Å². The minimum atomic E-state index is -0.343. The minimum absolute atomic E-state index is 0.287. The van der Waals surface area contributed by atoms with Crippen molar-refractivity contribution in [2.75, 3.05) is 5.32 Å². The van der Waals surface area contributed by atoms with Crippen LogP contribution in [0.15, 0.2) is 49.1 Å². The summed E-state index contributed by atoms with van der Waals surface area (Å²) in [7, 11) is 0. The molecule has 0 aliphatic heterocycles. The van der Waals surface area contributed by atoms with Crippen LogP contribution in [0.25, 0.3) is 5.69 Å². The number of carbonyl (C=O) groups is 1. The average Bonchev–Trinajstić information content (AvgIpc) is 2.94. The molecule has 23 heavy (non-hydrogen) atoms. The molecule has 1 aromatic carbocycles. The van der Waals surface area contributed by atoms with Crippen molar-refractivity contribution >= 4 is 34.8 Å². The Labute approximate surface area is 142 Å². The fourth-order valence-electron chi connectivity index (χ4n) is 2.09. The summed E-state index contributed by atoms with van der Waals surface area (Å²) >= 11 is 11.9. The van der Waals surface area contributed by atoms with Crippen LogP contribution in [0.3, 0.4) is 0 Å². The predicted molar refractivity (Wildman–Crippen MR) is 90.5 cm³/mol. The Balaban J connectivity index is 1.93. The molecule has 3 rings (SSSR count). The van der Waals surface area contributed by atoms with Gasteiger partial charge in [-0.1, -0.05) is 23.2 Å². The zero-order valence-corrected chi connectivity index (χ0v) is 13.6. The third-order valence-electron chi connectivity index (χ3n) is 3.18. The molecule has 7 heteroatoms. The number of amides is 1. The summed E-state index contributed by atoms with van der Waals surface area (Å²) in [6.45, 7) is 1.94. The zero-order valence-electron chi connectivity index (χ0n) is 12.1. The standard InChI is InChI=1S/C16H12Cl2N4O/c1-10-7-20-22(9-10)15-4-5-19-8-14(15)21-16(23)12-3-2-11(17)6-13(12)18/h2-9H,1H3,(H,21,23). The quantitative estimate of drug-likeness (QED) is 0.775. The molecule has 0 bridgehead atoms. The van der Waals surface area contributed by atoms with Gasteiger partial charge in [-0.25, -0.2) is 4.68 Å². The number of pyridine rings is 1. The fraction of sp³-hybridized carbons (Fsp3) is 0.0625. The summed E-state index contributed by atoms with van der Waals surface area (Å²) in [6.07, 6.45) is 6.80. The Hall–Kier alpha value is -2.37. The van der Waals surface area contributed by atoms with Crippen LogP contribution in [0.5, 0.6) is 0 Å². The number of halogens is 2. The molecule has 3 aromatic rings. The van der Waals surface area contributed by atoms with Crippen molar-refractivity contribution in [1.29, 1.82) is 0 Å². The smallest absolute Gasteiger partial charge is 0.257 e. The molecule has 0 spiro atoms. The Morgan fingerprint density at radius 2 is 2.04 bits per heavy atom. The molecule has 0 atom stereocenters. The second-order valence-corrected chi connectivity index (χ2v) is 5.78. The molecular formula is C16H12Cl2N4O. The van der Waals surface area contributed by atoms with Gasteiger partial charge in [0, 0.05) is 17.4 Å². The maximum absolute atomic E-state index is 12.4. The molecule has 0 aliphatic rings. The molecule has 0 saturated heterocycles. The average molecular weight is 347 g/mol. The van der Waals surface area contributed by atoms with Gasteiger partial charge in [-0.05, 0) is 36.8 Å². The highest BCUT2D eigenvalue weighted by Crippen LogP contribution is 2.24. The van der Waals surface area contributed by atoms with Gasteiger partial charge in [0.1, 0.15) is 0 Å². The number of aromatic nitrogens is 3. The van der Waals surface area contributed by atoms with Gasteiger partial charge in [-0.2, -0.15) is 5.10 Å². The third kappa shape index (κ3) is 3.36. The highest BCUT2D eigenvalue weighted by Gasteiger charge is 2.14. The normalized spacial score (nSPS) is 10.6. The van der Waals surface area contributed by atoms with Crippen LogP contribution in [-0.2, 0) is 0 Å². The number of hydrogen-bond acceptors (Lipinski definition) is 3. The zero-order chi connectivity index (χ0) is 16.4. The fourth-order valence-corrected chi connectivity index (χ4v) is 2.59. The van der Waals surface area contributed by atoms with Gasteiger partial charge in [0.15, 0.2) is 0 Å². The lowest BCUT2D eigenvalue weighted by atomic mass is 10.2. The molecule has 0 aliphatic carbocycles. The van der Waals surface area contributed by atoms with Crippen molar-refractivity contribution in [3.05, 3.63) is 70.2 Å². The van der Waals surface area contributed by atoms with E-state index in [1.807, 2.05) is 13.1 Å². The number of anilines is 1. The number of rotatable bonds is 3. The summed E-state index contributed by atoms with van der Waals surface area (Å²) in [5.41, 5.74) is 2.60. The summed E-state index contributed by atoms with van der Waals surface area (Å²) in [4.78, 5) is 16.5. The minimum Gasteiger partial charge on any atom is -0.319 e. The molecule has 0 saturated carbocycles. The van der Waals surface area contributed by atoms with E-state index in [0.29, 0.717) is 22.0 Å². The summed E-state index contributed by atoms with van der Waals surface area (Å²) in [5, 5.41) is 7.82. The van der Waals surface area contributed by atoms with E-state index in [9.17, 15) is 4.79 Å². The summed E-state index contributed by atoms with van der Waals surface area (Å²) < 4.78 is 1.68. The third-order valence-corrected chi connectivity index (χ3v) is 3.73. The van der Waals surface area contributed by atoms with E-state index in [1.165, 1.54) is 6.07 Å². The molecular weight excluding hydrogens is 335 g/mol. The Morgan fingerprint density at radius 1 is 1.22 bits per heavy atom. The highest BCUT2D eigenvalue weighted by molar-refractivity contribution is 6.37. The topological polar surface area (TPSA) is 59.8 Å². The number of aryl methyl sites for hydroxylation is 1. The molecule has 2 heterocycles. The first-order valence-electron chi connectivity index (χ1n) is 6.76. The Bertz CT molecular complexity index is 876. The second-order valence-electron chi connectivity index (χ2n) is 4.93. The van der Waals surface area contributed by atoms with Crippen LogP contribution in [0.4, 0.5) is 5.69 Å². The van der Waals surface area contributed by atoms with Gasteiger partial charge in [0.2, 0.25) is 0 Å². The second kappa shape index (κ2) is 6.40. The van der Waals surface area contributed by atoms with E-state index < -0.39 is 0 Å². The molecule has 5 nitrogen and oxygen atoms in total. The number of carbonyl (C=O) groups excluding carboxylic acids is 1. The van der Waals surface area contributed by atoms with Crippen molar-refractivity contribution in [3.8, 4) is 5.69 Å². The van der Waals surface area contributed by atoms with Crippen LogP contribution in [-0.4, -0.2) is 20.7 Å².